The molecule has 0 aliphatic carbocycles. The monoisotopic (exact) mass is 374 g/mol. The molecule has 2 heterocycles. The average Bonchev–Trinajstić information content (AvgIpc) is 2.68. The number of hydrogen-bond acceptors (Lipinski definition) is 4. The zero-order valence-corrected chi connectivity index (χ0v) is 15.1. The summed E-state index contributed by atoms with van der Waals surface area (Å²) in [5, 5.41) is 8.85. The number of nitrogens with zero attached hydrogens (tertiary/aromatic N) is 4. The summed E-state index contributed by atoms with van der Waals surface area (Å²) in [4.78, 5) is 8.63. The lowest BCUT2D eigenvalue weighted by atomic mass is 10.0. The van der Waals surface area contributed by atoms with E-state index in [0.29, 0.717) is 23.7 Å². The fraction of sp³-hybridized carbons (Fsp3) is 0.400. The Kier molecular flexibility index (Phi) is 5.66. The Hall–Kier alpha value is -2.59. The van der Waals surface area contributed by atoms with E-state index in [2.05, 4.69) is 20.9 Å². The minimum atomic E-state index is -4.31. The molecular formula is C20H21F3N4. The van der Waals surface area contributed by atoms with E-state index in [9.17, 15) is 13.2 Å². The largest absolute Gasteiger partial charge is 0.416 e. The molecule has 0 amide bonds. The van der Waals surface area contributed by atoms with Crippen LogP contribution in [-0.2, 0) is 12.7 Å². The predicted octanol–water partition coefficient (Wildman–Crippen LogP) is 4.07. The quantitative estimate of drug-likeness (QED) is 0.809. The molecule has 3 rings (SSSR count). The zero-order chi connectivity index (χ0) is 19.4. The fourth-order valence-electron chi connectivity index (χ4n) is 3.44. The number of anilines is 1. The van der Waals surface area contributed by atoms with E-state index >= 15 is 0 Å². The van der Waals surface area contributed by atoms with Crippen LogP contribution in [0.5, 0.6) is 0 Å². The van der Waals surface area contributed by atoms with Gasteiger partial charge in [-0.05, 0) is 43.7 Å². The summed E-state index contributed by atoms with van der Waals surface area (Å²) in [6.07, 6.45) is -0.913. The summed E-state index contributed by atoms with van der Waals surface area (Å²) in [6, 6.07) is 11.5. The highest BCUT2D eigenvalue weighted by Gasteiger charge is 2.30. The van der Waals surface area contributed by atoms with E-state index in [1.165, 1.54) is 12.1 Å². The van der Waals surface area contributed by atoms with Crippen LogP contribution in [0.2, 0.25) is 0 Å². The van der Waals surface area contributed by atoms with Gasteiger partial charge in [-0.25, -0.2) is 4.98 Å². The summed E-state index contributed by atoms with van der Waals surface area (Å²) < 4.78 is 38.6. The van der Waals surface area contributed by atoms with Gasteiger partial charge in [0.15, 0.2) is 0 Å². The molecule has 0 N–H and O–H groups in total. The second-order valence-electron chi connectivity index (χ2n) is 6.85. The van der Waals surface area contributed by atoms with Crippen molar-refractivity contribution in [2.45, 2.75) is 31.6 Å². The topological polar surface area (TPSA) is 43.2 Å². The molecule has 4 nitrogen and oxygen atoms in total. The van der Waals surface area contributed by atoms with Crippen LogP contribution in [0.25, 0.3) is 0 Å². The first-order chi connectivity index (χ1) is 12.9. The highest BCUT2D eigenvalue weighted by atomic mass is 19.4. The fourth-order valence-corrected chi connectivity index (χ4v) is 3.44. The summed E-state index contributed by atoms with van der Waals surface area (Å²) >= 11 is 0. The van der Waals surface area contributed by atoms with Crippen LogP contribution >= 0.6 is 0 Å². The minimum absolute atomic E-state index is 0.314. The molecule has 1 aromatic carbocycles. The van der Waals surface area contributed by atoms with Gasteiger partial charge >= 0.3 is 6.18 Å². The van der Waals surface area contributed by atoms with E-state index in [-0.39, 0.29) is 0 Å². The third-order valence-corrected chi connectivity index (χ3v) is 4.98. The molecule has 0 radical (unpaired) electrons. The first-order valence-corrected chi connectivity index (χ1v) is 8.84. The van der Waals surface area contributed by atoms with Crippen LogP contribution in [0, 0.1) is 11.3 Å². The number of nitriles is 1. The van der Waals surface area contributed by atoms with Crippen molar-refractivity contribution in [3.8, 4) is 6.07 Å². The molecule has 0 saturated carbocycles. The van der Waals surface area contributed by atoms with Crippen LogP contribution < -0.4 is 4.90 Å². The summed E-state index contributed by atoms with van der Waals surface area (Å²) in [6.45, 7) is 2.15. The van der Waals surface area contributed by atoms with E-state index in [4.69, 9.17) is 5.26 Å². The molecule has 0 unspecified atom stereocenters. The summed E-state index contributed by atoms with van der Waals surface area (Å²) in [5.41, 5.74) is 0.605. The SMILES string of the molecule is CN(Cc1cccc(C(F)(F)F)c1)C1CCN(c2ccc(C#N)cn2)CC1. The second-order valence-corrected chi connectivity index (χ2v) is 6.85. The van der Waals surface area contributed by atoms with Crippen molar-refractivity contribution in [1.29, 1.82) is 5.26 Å². The molecule has 2 aromatic rings. The van der Waals surface area contributed by atoms with Crippen LogP contribution in [-0.4, -0.2) is 36.1 Å². The van der Waals surface area contributed by atoms with Crippen LogP contribution in [0.15, 0.2) is 42.6 Å². The smallest absolute Gasteiger partial charge is 0.357 e. The van der Waals surface area contributed by atoms with Crippen LogP contribution in [0.3, 0.4) is 0 Å². The maximum absolute atomic E-state index is 12.9. The van der Waals surface area contributed by atoms with Gasteiger partial charge in [-0.2, -0.15) is 18.4 Å². The lowest BCUT2D eigenvalue weighted by molar-refractivity contribution is -0.137. The number of hydrogen-bond donors (Lipinski definition) is 0. The van der Waals surface area contributed by atoms with Gasteiger partial charge in [0.05, 0.1) is 11.1 Å². The molecule has 1 fully saturated rings. The Morgan fingerprint density at radius 2 is 1.96 bits per heavy atom. The maximum Gasteiger partial charge on any atom is 0.416 e. The highest BCUT2D eigenvalue weighted by molar-refractivity contribution is 5.42. The third kappa shape index (κ3) is 4.77. The van der Waals surface area contributed by atoms with E-state index in [1.807, 2.05) is 13.1 Å². The lowest BCUT2D eigenvalue weighted by Gasteiger charge is -2.37. The first-order valence-electron chi connectivity index (χ1n) is 8.84. The Balaban J connectivity index is 1.57. The molecule has 142 valence electrons. The van der Waals surface area contributed by atoms with E-state index < -0.39 is 11.7 Å². The van der Waals surface area contributed by atoms with Gasteiger partial charge in [-0.15, -0.1) is 0 Å². The van der Waals surface area contributed by atoms with E-state index in [1.54, 1.807) is 18.3 Å². The molecule has 27 heavy (non-hydrogen) atoms. The van der Waals surface area contributed by atoms with E-state index in [0.717, 1.165) is 37.8 Å². The Morgan fingerprint density at radius 1 is 1.22 bits per heavy atom. The minimum Gasteiger partial charge on any atom is -0.357 e. The molecule has 1 aliphatic heterocycles. The van der Waals surface area contributed by atoms with Gasteiger partial charge in [0.25, 0.3) is 0 Å². The van der Waals surface area contributed by atoms with Crippen molar-refractivity contribution in [2.75, 3.05) is 25.0 Å². The van der Waals surface area contributed by atoms with Gasteiger partial charge in [0, 0.05) is 31.9 Å². The number of alkyl halides is 3. The predicted molar refractivity (Wildman–Crippen MR) is 97.1 cm³/mol. The number of aromatic nitrogens is 1. The number of rotatable bonds is 4. The van der Waals surface area contributed by atoms with Gasteiger partial charge in [-0.3, -0.25) is 4.90 Å². The molecule has 7 heteroatoms. The second kappa shape index (κ2) is 7.97. The lowest BCUT2D eigenvalue weighted by Crippen LogP contribution is -2.43. The Bertz CT molecular complexity index is 803. The van der Waals surface area contributed by atoms with Crippen molar-refractivity contribution in [2.24, 2.45) is 0 Å². The Labute approximate surface area is 156 Å². The van der Waals surface area contributed by atoms with Crippen LogP contribution in [0.1, 0.15) is 29.5 Å². The summed E-state index contributed by atoms with van der Waals surface area (Å²) in [5.74, 6) is 0.855. The normalized spacial score (nSPS) is 15.8. The summed E-state index contributed by atoms with van der Waals surface area (Å²) in [7, 11) is 1.96. The number of pyridine rings is 1. The average molecular weight is 374 g/mol. The molecular weight excluding hydrogens is 353 g/mol. The molecule has 1 aliphatic rings. The first kappa shape index (κ1) is 19.2. The van der Waals surface area contributed by atoms with Crippen LogP contribution in [0.4, 0.5) is 19.0 Å². The molecule has 0 bridgehead atoms. The van der Waals surface area contributed by atoms with Crippen molar-refractivity contribution in [3.63, 3.8) is 0 Å². The standard InChI is InChI=1S/C20H21F3N4/c1-26(14-15-3-2-4-17(11-15)20(21,22)23)18-7-9-27(10-8-18)19-6-5-16(12-24)13-25-19/h2-6,11,13,18H,7-10,14H2,1H3. The van der Waals surface area contributed by atoms with Gasteiger partial charge in [0.2, 0.25) is 0 Å². The number of benzene rings is 1. The molecule has 0 atom stereocenters. The van der Waals surface area contributed by atoms with Crippen molar-refractivity contribution in [3.05, 3.63) is 59.3 Å². The molecule has 1 saturated heterocycles. The third-order valence-electron chi connectivity index (χ3n) is 4.98. The zero-order valence-electron chi connectivity index (χ0n) is 15.1. The van der Waals surface area contributed by atoms with Gasteiger partial charge in [-0.1, -0.05) is 18.2 Å². The highest BCUT2D eigenvalue weighted by Crippen LogP contribution is 2.30. The maximum atomic E-state index is 12.9. The van der Waals surface area contributed by atoms with Crippen molar-refractivity contribution in [1.82, 2.24) is 9.88 Å². The van der Waals surface area contributed by atoms with Gasteiger partial charge in [0.1, 0.15) is 11.9 Å². The van der Waals surface area contributed by atoms with Gasteiger partial charge < -0.3 is 4.90 Å². The Morgan fingerprint density at radius 3 is 2.56 bits per heavy atom. The van der Waals surface area contributed by atoms with Crippen molar-refractivity contribution >= 4 is 5.82 Å². The molecule has 1 aromatic heterocycles. The number of halogens is 3. The molecule has 0 spiro atoms. The van der Waals surface area contributed by atoms with Crippen molar-refractivity contribution < 1.29 is 13.2 Å². The number of piperidine rings is 1.